The highest BCUT2D eigenvalue weighted by molar-refractivity contribution is 5.98. The molecule has 0 spiro atoms. The zero-order valence-electron chi connectivity index (χ0n) is 31.7. The Morgan fingerprint density at radius 2 is 1.37 bits per heavy atom. The molecular weight excluding hydrogens is 725 g/mol. The van der Waals surface area contributed by atoms with E-state index in [9.17, 15) is 14.4 Å². The zero-order valence-corrected chi connectivity index (χ0v) is 31.7. The first kappa shape index (κ1) is 37.7. The summed E-state index contributed by atoms with van der Waals surface area (Å²) in [7, 11) is 0. The van der Waals surface area contributed by atoms with Crippen molar-refractivity contribution in [3.8, 4) is 0 Å². The van der Waals surface area contributed by atoms with Crippen molar-refractivity contribution in [2.45, 2.75) is 56.7 Å². The number of nitrogens with two attached hydrogens (primary N) is 1. The lowest BCUT2D eigenvalue weighted by Crippen LogP contribution is -2.44. The predicted octanol–water partition coefficient (Wildman–Crippen LogP) is 6.26. The quantitative estimate of drug-likeness (QED) is 0.118. The van der Waals surface area contributed by atoms with Gasteiger partial charge in [-0.1, -0.05) is 128 Å². The molecule has 0 saturated carbocycles. The number of aromatic nitrogens is 3. The molecule has 2 fully saturated rings. The monoisotopic (exact) mass is 766 g/mol. The minimum Gasteiger partial charge on any atom is -0.462 e. The van der Waals surface area contributed by atoms with Crippen molar-refractivity contribution in [2.24, 2.45) is 0 Å². The fraction of sp³-hybridized carbons (Fsp3) is 0.244. The van der Waals surface area contributed by atoms with E-state index in [1.807, 2.05) is 97.1 Å². The van der Waals surface area contributed by atoms with E-state index in [1.54, 1.807) is 45.0 Å². The summed E-state index contributed by atoms with van der Waals surface area (Å²) in [4.78, 5) is 46.6. The Balaban J connectivity index is 1.28. The van der Waals surface area contributed by atoms with Crippen molar-refractivity contribution in [3.05, 3.63) is 183 Å². The van der Waals surface area contributed by atoms with Gasteiger partial charge in [-0.05, 0) is 49.1 Å². The lowest BCUT2D eigenvalue weighted by Gasteiger charge is -2.37. The Morgan fingerprint density at radius 1 is 0.842 bits per heavy atom. The van der Waals surface area contributed by atoms with Crippen LogP contribution in [0.4, 0.5) is 5.82 Å². The highest BCUT2D eigenvalue weighted by Crippen LogP contribution is 2.46. The fourth-order valence-corrected chi connectivity index (χ4v) is 7.84. The van der Waals surface area contributed by atoms with Crippen LogP contribution < -0.4 is 17.0 Å². The Morgan fingerprint density at radius 3 is 1.91 bits per heavy atom. The molecular formula is C45H42N4O8. The van der Waals surface area contributed by atoms with E-state index in [4.69, 9.17) is 29.4 Å². The van der Waals surface area contributed by atoms with E-state index in [-0.39, 0.29) is 41.3 Å². The average molecular weight is 767 g/mol. The molecule has 4 heterocycles. The van der Waals surface area contributed by atoms with Gasteiger partial charge in [-0.25, -0.2) is 23.7 Å². The Kier molecular flexibility index (Phi) is 9.96. The van der Waals surface area contributed by atoms with Crippen LogP contribution in [0.2, 0.25) is 0 Å². The normalized spacial score (nSPS) is 20.0. The van der Waals surface area contributed by atoms with Crippen LogP contribution in [-0.4, -0.2) is 57.4 Å². The number of anilines is 1. The number of carbonyl (C=O) groups is 1. The molecule has 57 heavy (non-hydrogen) atoms. The van der Waals surface area contributed by atoms with Crippen molar-refractivity contribution >= 4 is 28.5 Å². The van der Waals surface area contributed by atoms with Crippen LogP contribution in [0.25, 0.3) is 16.7 Å². The molecule has 0 aliphatic carbocycles. The van der Waals surface area contributed by atoms with Gasteiger partial charge < -0.3 is 29.4 Å². The van der Waals surface area contributed by atoms with Crippen molar-refractivity contribution in [2.75, 3.05) is 18.9 Å². The maximum absolute atomic E-state index is 14.9. The SMILES string of the molecule is C=C(c1ccccc1)n1c(=O)c2cc(C(=O)OCC)c(N)nc2n([C@@H]2O[C@H](COC(c3ccccc3)(c3ccccc3)c3ccccc3)[C@@H]3OC(C)(C)OC32)c1=O. The molecule has 2 aromatic heterocycles. The summed E-state index contributed by atoms with van der Waals surface area (Å²) in [5, 5.41) is -0.0850. The van der Waals surface area contributed by atoms with Gasteiger partial charge >= 0.3 is 11.7 Å². The largest absolute Gasteiger partial charge is 0.462 e. The number of esters is 1. The molecule has 0 radical (unpaired) electrons. The van der Waals surface area contributed by atoms with Gasteiger partial charge in [-0.2, -0.15) is 0 Å². The first-order valence-corrected chi connectivity index (χ1v) is 18.8. The summed E-state index contributed by atoms with van der Waals surface area (Å²) < 4.78 is 34.4. The third kappa shape index (κ3) is 6.66. The lowest BCUT2D eigenvalue weighted by atomic mass is 9.80. The van der Waals surface area contributed by atoms with E-state index in [0.29, 0.717) is 5.56 Å². The predicted molar refractivity (Wildman–Crippen MR) is 214 cm³/mol. The standard InChI is InChI=1S/C45H42N4O8/c1-5-53-42(51)33-26-34-39(47-38(33)46)49(43(52)48(40(34)50)28(2)29-18-10-6-11-19-29)41-37-36(56-44(3,4)57-37)35(55-41)27-54-45(30-20-12-7-13-21-30,31-22-14-8-15-23-31)32-24-16-9-17-25-32/h6-26,35-37,41H,2,5,27H2,1,3-4H3,(H2,46,47)/t35-,36+,37?,41-/m1/s1. The van der Waals surface area contributed by atoms with Crippen LogP contribution in [0.3, 0.4) is 0 Å². The number of ether oxygens (including phenoxy) is 5. The number of benzene rings is 4. The van der Waals surface area contributed by atoms with Gasteiger partial charge in [-0.15, -0.1) is 0 Å². The summed E-state index contributed by atoms with van der Waals surface area (Å²) in [6.45, 7) is 9.41. The molecule has 4 atom stereocenters. The minimum atomic E-state index is -1.20. The molecule has 12 heteroatoms. The van der Waals surface area contributed by atoms with E-state index in [0.717, 1.165) is 21.3 Å². The second kappa shape index (κ2) is 15.1. The smallest absolute Gasteiger partial charge is 0.341 e. The van der Waals surface area contributed by atoms with E-state index in [2.05, 4.69) is 11.6 Å². The number of rotatable bonds is 11. The van der Waals surface area contributed by atoms with Gasteiger partial charge in [0.2, 0.25) is 0 Å². The van der Waals surface area contributed by atoms with Crippen LogP contribution >= 0.6 is 0 Å². The fourth-order valence-electron chi connectivity index (χ4n) is 7.84. The number of hydrogen-bond acceptors (Lipinski definition) is 10. The summed E-state index contributed by atoms with van der Waals surface area (Å²) in [5.74, 6) is -2.09. The van der Waals surface area contributed by atoms with Crippen LogP contribution in [-0.2, 0) is 29.3 Å². The van der Waals surface area contributed by atoms with Crippen molar-refractivity contribution in [3.63, 3.8) is 0 Å². The Hall–Kier alpha value is -6.18. The zero-order chi connectivity index (χ0) is 39.9. The van der Waals surface area contributed by atoms with Crippen LogP contribution in [0, 0.1) is 0 Å². The average Bonchev–Trinajstić information content (AvgIpc) is 3.72. The third-order valence-corrected chi connectivity index (χ3v) is 10.3. The lowest BCUT2D eigenvalue weighted by molar-refractivity contribution is -0.205. The highest BCUT2D eigenvalue weighted by Gasteiger charge is 2.57. The Bertz CT molecular complexity index is 2460. The van der Waals surface area contributed by atoms with E-state index in [1.165, 1.54) is 10.6 Å². The maximum atomic E-state index is 14.9. The van der Waals surface area contributed by atoms with Gasteiger partial charge in [-0.3, -0.25) is 4.79 Å². The number of nitrogen functional groups attached to an aromatic ring is 1. The van der Waals surface area contributed by atoms with E-state index >= 15 is 0 Å². The molecule has 2 saturated heterocycles. The second-order valence-electron chi connectivity index (χ2n) is 14.3. The van der Waals surface area contributed by atoms with Gasteiger partial charge in [0.05, 0.1) is 24.3 Å². The maximum Gasteiger partial charge on any atom is 0.341 e. The summed E-state index contributed by atoms with van der Waals surface area (Å²) in [6, 6.07) is 39.9. The molecule has 6 aromatic rings. The first-order valence-electron chi connectivity index (χ1n) is 18.8. The molecule has 0 amide bonds. The molecule has 4 aromatic carbocycles. The van der Waals surface area contributed by atoms with Crippen LogP contribution in [0.1, 0.15) is 59.6 Å². The topological polar surface area (TPSA) is 146 Å². The summed E-state index contributed by atoms with van der Waals surface area (Å²) >= 11 is 0. The molecule has 0 bridgehead atoms. The van der Waals surface area contributed by atoms with Crippen LogP contribution in [0.15, 0.2) is 144 Å². The molecule has 1 unspecified atom stereocenters. The van der Waals surface area contributed by atoms with E-state index < -0.39 is 53.1 Å². The second-order valence-corrected chi connectivity index (χ2v) is 14.3. The highest BCUT2D eigenvalue weighted by atomic mass is 16.8. The van der Waals surface area contributed by atoms with Crippen molar-refractivity contribution in [1.29, 1.82) is 0 Å². The van der Waals surface area contributed by atoms with Crippen LogP contribution in [0.5, 0.6) is 0 Å². The van der Waals surface area contributed by atoms with Gasteiger partial charge in [0.15, 0.2) is 17.7 Å². The molecule has 8 rings (SSSR count). The van der Waals surface area contributed by atoms with Gasteiger partial charge in [0.25, 0.3) is 5.56 Å². The molecule has 12 nitrogen and oxygen atoms in total. The number of fused-ring (bicyclic) bond motifs is 2. The number of hydrogen-bond donors (Lipinski definition) is 1. The summed E-state index contributed by atoms with van der Waals surface area (Å²) in [6.07, 6.45) is -3.61. The number of nitrogens with zero attached hydrogens (tertiary/aromatic N) is 3. The molecule has 290 valence electrons. The number of carbonyl (C=O) groups excluding carboxylic acids is 1. The van der Waals surface area contributed by atoms with Crippen molar-refractivity contribution in [1.82, 2.24) is 14.1 Å². The molecule has 2 aliphatic heterocycles. The molecule has 2 N–H and O–H groups in total. The third-order valence-electron chi connectivity index (χ3n) is 10.3. The minimum absolute atomic E-state index is 0.0125. The first-order chi connectivity index (χ1) is 27.5. The molecule has 2 aliphatic rings. The Labute approximate surface area is 328 Å². The van der Waals surface area contributed by atoms with Gasteiger partial charge in [0, 0.05) is 0 Å². The van der Waals surface area contributed by atoms with Gasteiger partial charge in [0.1, 0.15) is 35.3 Å². The summed E-state index contributed by atoms with van der Waals surface area (Å²) in [5.41, 5.74) is 6.77. The number of pyridine rings is 1. The van der Waals surface area contributed by atoms with Crippen molar-refractivity contribution < 1.29 is 28.5 Å².